The first kappa shape index (κ1) is 15.8. The fraction of sp³-hybridized carbons (Fsp3) is 0.579. The van der Waals surface area contributed by atoms with Gasteiger partial charge in [-0.05, 0) is 37.3 Å². The fourth-order valence-electron chi connectivity index (χ4n) is 5.38. The van der Waals surface area contributed by atoms with Crippen molar-refractivity contribution in [2.75, 3.05) is 18.6 Å². The van der Waals surface area contributed by atoms with Crippen molar-refractivity contribution >= 4 is 17.4 Å². The fourth-order valence-corrected chi connectivity index (χ4v) is 5.38. The minimum absolute atomic E-state index is 0.0354. The third kappa shape index (κ3) is 1.94. The van der Waals surface area contributed by atoms with Crippen LogP contribution in [-0.4, -0.2) is 42.5 Å². The van der Waals surface area contributed by atoms with Gasteiger partial charge in [0.05, 0.1) is 5.41 Å². The van der Waals surface area contributed by atoms with E-state index in [2.05, 4.69) is 11.4 Å². The molecule has 5 unspecified atom stereocenters. The number of fused-ring (bicyclic) bond motifs is 5. The van der Waals surface area contributed by atoms with E-state index in [1.165, 1.54) is 0 Å². The number of aliphatic hydroxyl groups excluding tert-OH is 1. The Bertz CT molecular complexity index is 704. The number of nitrogens with zero attached hydrogens (tertiary/aromatic N) is 1. The van der Waals surface area contributed by atoms with E-state index in [4.69, 9.17) is 0 Å². The van der Waals surface area contributed by atoms with Gasteiger partial charge in [0.2, 0.25) is 5.91 Å². The van der Waals surface area contributed by atoms with Crippen LogP contribution in [0.25, 0.3) is 0 Å². The smallest absolute Gasteiger partial charge is 0.239 e. The molecule has 5 nitrogen and oxygen atoms in total. The molecular formula is C19H24N2O3. The van der Waals surface area contributed by atoms with E-state index in [-0.39, 0.29) is 42.2 Å². The van der Waals surface area contributed by atoms with Crippen LogP contribution < -0.4 is 10.2 Å². The van der Waals surface area contributed by atoms with E-state index in [0.717, 1.165) is 17.7 Å². The van der Waals surface area contributed by atoms with Gasteiger partial charge in [0.1, 0.15) is 5.78 Å². The quantitative estimate of drug-likeness (QED) is 0.876. The largest absolute Gasteiger partial charge is 0.396 e. The molecule has 0 saturated carbocycles. The summed E-state index contributed by atoms with van der Waals surface area (Å²) in [6, 6.07) is 8.14. The Morgan fingerprint density at radius 2 is 2.17 bits per heavy atom. The first-order valence-electron chi connectivity index (χ1n) is 8.73. The molecule has 1 amide bonds. The molecule has 24 heavy (non-hydrogen) atoms. The zero-order valence-electron chi connectivity index (χ0n) is 14.2. The Balaban J connectivity index is 1.77. The van der Waals surface area contributed by atoms with Crippen LogP contribution in [-0.2, 0) is 15.0 Å². The molecule has 5 atom stereocenters. The number of benzene rings is 1. The van der Waals surface area contributed by atoms with E-state index >= 15 is 0 Å². The van der Waals surface area contributed by atoms with Gasteiger partial charge in [-0.2, -0.15) is 0 Å². The summed E-state index contributed by atoms with van der Waals surface area (Å²) >= 11 is 0. The minimum Gasteiger partial charge on any atom is -0.396 e. The van der Waals surface area contributed by atoms with Crippen LogP contribution in [0.3, 0.4) is 0 Å². The number of aliphatic hydroxyl groups is 1. The van der Waals surface area contributed by atoms with E-state index in [0.29, 0.717) is 12.8 Å². The maximum absolute atomic E-state index is 13.2. The molecule has 2 saturated heterocycles. The average Bonchev–Trinajstić information content (AvgIpc) is 2.97. The third-order valence-corrected chi connectivity index (χ3v) is 6.41. The van der Waals surface area contributed by atoms with Gasteiger partial charge in [-0.1, -0.05) is 18.2 Å². The van der Waals surface area contributed by atoms with Gasteiger partial charge in [0, 0.05) is 43.8 Å². The molecule has 0 radical (unpaired) electrons. The Hall–Kier alpha value is -1.72. The summed E-state index contributed by atoms with van der Waals surface area (Å²) in [5.74, 6) is 0.484. The summed E-state index contributed by atoms with van der Waals surface area (Å²) in [6.45, 7) is 1.67. The van der Waals surface area contributed by atoms with Crippen molar-refractivity contribution in [2.24, 2.45) is 11.8 Å². The molecule has 2 N–H and O–H groups in total. The highest BCUT2D eigenvalue weighted by Crippen LogP contribution is 2.54. The number of nitrogens with one attached hydrogen (secondary N) is 1. The number of likely N-dealkylation sites (N-methyl/N-ethyl adjacent to an activating group) is 1. The second kappa shape index (κ2) is 5.39. The predicted molar refractivity (Wildman–Crippen MR) is 90.8 cm³/mol. The zero-order valence-corrected chi connectivity index (χ0v) is 14.2. The van der Waals surface area contributed by atoms with Crippen LogP contribution >= 0.6 is 0 Å². The van der Waals surface area contributed by atoms with Gasteiger partial charge in [-0.15, -0.1) is 0 Å². The second-order valence-electron chi connectivity index (χ2n) is 7.63. The number of Topliss-reactive ketones (excluding diaryl/α,β-unsaturated/α-hetero) is 1. The Labute approximate surface area is 142 Å². The molecule has 2 bridgehead atoms. The lowest BCUT2D eigenvalue weighted by Gasteiger charge is -2.37. The number of amides is 1. The van der Waals surface area contributed by atoms with E-state index in [1.54, 1.807) is 11.8 Å². The van der Waals surface area contributed by atoms with Crippen molar-refractivity contribution in [1.82, 2.24) is 5.32 Å². The van der Waals surface area contributed by atoms with Crippen molar-refractivity contribution in [1.29, 1.82) is 0 Å². The highest BCUT2D eigenvalue weighted by atomic mass is 16.3. The van der Waals surface area contributed by atoms with Gasteiger partial charge in [0.15, 0.2) is 0 Å². The average molecular weight is 328 g/mol. The standard InChI is InChI=1S/C19H24N2O3/c1-11(23)7-12-8-17-19(9-15(20-17)13(12)10-22)14-5-3-4-6-16(14)21(2)18(19)24/h3-6,12-13,15,17,20,22H,7-10H2,1-2H3. The van der Waals surface area contributed by atoms with Gasteiger partial charge in [-0.25, -0.2) is 0 Å². The summed E-state index contributed by atoms with van der Waals surface area (Å²) in [7, 11) is 1.84. The maximum atomic E-state index is 13.2. The number of carbonyl (C=O) groups excluding carboxylic acids is 2. The third-order valence-electron chi connectivity index (χ3n) is 6.41. The van der Waals surface area contributed by atoms with Crippen molar-refractivity contribution in [3.8, 4) is 0 Å². The minimum atomic E-state index is -0.547. The van der Waals surface area contributed by atoms with Crippen LogP contribution in [0.5, 0.6) is 0 Å². The lowest BCUT2D eigenvalue weighted by atomic mass is 9.73. The SMILES string of the molecule is CC(=O)CC1CC2NC(CC23C(=O)N(C)c2ccccc23)C1CO. The molecule has 2 fully saturated rings. The first-order chi connectivity index (χ1) is 11.5. The van der Waals surface area contributed by atoms with Gasteiger partial charge in [-0.3, -0.25) is 4.79 Å². The van der Waals surface area contributed by atoms with E-state index in [1.807, 2.05) is 25.2 Å². The van der Waals surface area contributed by atoms with Crippen LogP contribution in [0, 0.1) is 11.8 Å². The number of anilines is 1. The van der Waals surface area contributed by atoms with Crippen LogP contribution in [0.1, 0.15) is 31.7 Å². The number of ketones is 1. The van der Waals surface area contributed by atoms with Gasteiger partial charge >= 0.3 is 0 Å². The molecule has 1 spiro atoms. The van der Waals surface area contributed by atoms with E-state index in [9.17, 15) is 14.7 Å². The molecule has 3 heterocycles. The van der Waals surface area contributed by atoms with Crippen molar-refractivity contribution in [3.05, 3.63) is 29.8 Å². The van der Waals surface area contributed by atoms with Crippen LogP contribution in [0.15, 0.2) is 24.3 Å². The monoisotopic (exact) mass is 328 g/mol. The zero-order chi connectivity index (χ0) is 17.1. The number of hydrogen-bond donors (Lipinski definition) is 2. The Morgan fingerprint density at radius 3 is 2.88 bits per heavy atom. The number of hydrogen-bond acceptors (Lipinski definition) is 4. The molecular weight excluding hydrogens is 304 g/mol. The summed E-state index contributed by atoms with van der Waals surface area (Å²) in [4.78, 5) is 26.6. The topological polar surface area (TPSA) is 69.6 Å². The molecule has 3 aliphatic rings. The van der Waals surface area contributed by atoms with Gasteiger partial charge in [0.25, 0.3) is 0 Å². The number of rotatable bonds is 3. The molecule has 0 aromatic heterocycles. The summed E-state index contributed by atoms with van der Waals surface area (Å²) in [6.07, 6.45) is 1.95. The van der Waals surface area contributed by atoms with Gasteiger partial charge < -0.3 is 20.1 Å². The highest BCUT2D eigenvalue weighted by Gasteiger charge is 2.62. The summed E-state index contributed by atoms with van der Waals surface area (Å²) in [5, 5.41) is 13.5. The van der Waals surface area contributed by atoms with Crippen LogP contribution in [0.2, 0.25) is 0 Å². The number of carbonyl (C=O) groups is 2. The second-order valence-corrected chi connectivity index (χ2v) is 7.63. The summed E-state index contributed by atoms with van der Waals surface area (Å²) in [5.41, 5.74) is 1.53. The predicted octanol–water partition coefficient (Wildman–Crippen LogP) is 1.24. The highest BCUT2D eigenvalue weighted by molar-refractivity contribution is 6.08. The van der Waals surface area contributed by atoms with Crippen molar-refractivity contribution in [3.63, 3.8) is 0 Å². The number of piperidine rings is 1. The Morgan fingerprint density at radius 1 is 1.42 bits per heavy atom. The first-order valence-corrected chi connectivity index (χ1v) is 8.73. The molecule has 3 aliphatic heterocycles. The molecule has 1 aromatic carbocycles. The van der Waals surface area contributed by atoms with E-state index < -0.39 is 5.41 Å². The normalized spacial score (nSPS) is 37.1. The molecule has 5 heteroatoms. The lowest BCUT2D eigenvalue weighted by molar-refractivity contribution is -0.123. The molecule has 128 valence electrons. The Kier molecular flexibility index (Phi) is 3.55. The summed E-state index contributed by atoms with van der Waals surface area (Å²) < 4.78 is 0. The number of para-hydroxylation sites is 1. The molecule has 1 aromatic rings. The van der Waals surface area contributed by atoms with Crippen molar-refractivity contribution < 1.29 is 14.7 Å². The van der Waals surface area contributed by atoms with Crippen LogP contribution in [0.4, 0.5) is 5.69 Å². The lowest BCUT2D eigenvalue weighted by Crippen LogP contribution is -2.52. The maximum Gasteiger partial charge on any atom is 0.239 e. The molecule has 0 aliphatic carbocycles. The molecule has 4 rings (SSSR count). The van der Waals surface area contributed by atoms with Crippen molar-refractivity contribution in [2.45, 2.75) is 43.7 Å².